The van der Waals surface area contributed by atoms with Crippen molar-refractivity contribution in [3.8, 4) is 0 Å². The predicted molar refractivity (Wildman–Crippen MR) is 59.3 cm³/mol. The monoisotopic (exact) mass is 177 g/mol. The Morgan fingerprint density at radius 3 is 2.62 bits per heavy atom. The van der Waals surface area contributed by atoms with E-state index in [2.05, 4.69) is 44.3 Å². The molecule has 1 heteroatoms. The highest BCUT2D eigenvalue weighted by Crippen LogP contribution is 2.20. The van der Waals surface area contributed by atoms with Crippen molar-refractivity contribution in [2.45, 2.75) is 33.6 Å². The van der Waals surface area contributed by atoms with Gasteiger partial charge in [0.2, 0.25) is 0 Å². The van der Waals surface area contributed by atoms with Crippen LogP contribution in [0, 0.1) is 6.92 Å². The third kappa shape index (κ3) is 2.48. The Bertz CT molecular complexity index is 266. The average Bonchev–Trinajstić information content (AvgIpc) is 2.15. The van der Waals surface area contributed by atoms with E-state index in [0.29, 0.717) is 0 Å². The SMILES string of the molecule is CCCNc1c(C)cccc1CC. The Morgan fingerprint density at radius 2 is 2.00 bits per heavy atom. The second-order valence-electron chi connectivity index (χ2n) is 3.39. The van der Waals surface area contributed by atoms with Crippen LogP contribution in [-0.2, 0) is 6.42 Å². The highest BCUT2D eigenvalue weighted by atomic mass is 14.9. The van der Waals surface area contributed by atoms with Gasteiger partial charge in [0.25, 0.3) is 0 Å². The van der Waals surface area contributed by atoms with Crippen molar-refractivity contribution in [2.75, 3.05) is 11.9 Å². The standard InChI is InChI=1S/C12H19N/c1-4-9-13-12-10(3)7-6-8-11(12)5-2/h6-8,13H,4-5,9H2,1-3H3. The number of aryl methyl sites for hydroxylation is 2. The van der Waals surface area contributed by atoms with Gasteiger partial charge in [-0.3, -0.25) is 0 Å². The zero-order valence-electron chi connectivity index (χ0n) is 8.85. The van der Waals surface area contributed by atoms with Crippen LogP contribution in [0.15, 0.2) is 18.2 Å². The summed E-state index contributed by atoms with van der Waals surface area (Å²) in [5.41, 5.74) is 4.12. The minimum atomic E-state index is 1.07. The minimum Gasteiger partial charge on any atom is -0.385 e. The summed E-state index contributed by atoms with van der Waals surface area (Å²) in [6.45, 7) is 7.62. The van der Waals surface area contributed by atoms with Crippen molar-refractivity contribution in [1.29, 1.82) is 0 Å². The summed E-state index contributed by atoms with van der Waals surface area (Å²) < 4.78 is 0. The van der Waals surface area contributed by atoms with E-state index in [4.69, 9.17) is 0 Å². The summed E-state index contributed by atoms with van der Waals surface area (Å²) in [5, 5.41) is 3.48. The second kappa shape index (κ2) is 4.90. The van der Waals surface area contributed by atoms with Crippen LogP contribution in [0.25, 0.3) is 0 Å². The molecule has 0 aromatic heterocycles. The van der Waals surface area contributed by atoms with Crippen LogP contribution < -0.4 is 5.32 Å². The molecule has 1 aromatic carbocycles. The van der Waals surface area contributed by atoms with Gasteiger partial charge in [0.15, 0.2) is 0 Å². The van der Waals surface area contributed by atoms with Crippen molar-refractivity contribution in [1.82, 2.24) is 0 Å². The number of rotatable bonds is 4. The third-order valence-electron chi connectivity index (χ3n) is 2.29. The molecule has 0 bridgehead atoms. The maximum absolute atomic E-state index is 3.48. The molecule has 0 spiro atoms. The van der Waals surface area contributed by atoms with Crippen LogP contribution in [0.5, 0.6) is 0 Å². The first-order valence-corrected chi connectivity index (χ1v) is 5.12. The lowest BCUT2D eigenvalue weighted by Gasteiger charge is -2.12. The summed E-state index contributed by atoms with van der Waals surface area (Å²) in [6, 6.07) is 6.49. The normalized spacial score (nSPS) is 10.1. The Morgan fingerprint density at radius 1 is 1.23 bits per heavy atom. The van der Waals surface area contributed by atoms with E-state index in [9.17, 15) is 0 Å². The molecule has 0 heterocycles. The van der Waals surface area contributed by atoms with E-state index < -0.39 is 0 Å². The zero-order chi connectivity index (χ0) is 9.68. The fraction of sp³-hybridized carbons (Fsp3) is 0.500. The van der Waals surface area contributed by atoms with Crippen LogP contribution in [0.1, 0.15) is 31.4 Å². The van der Waals surface area contributed by atoms with Gasteiger partial charge in [0.05, 0.1) is 0 Å². The molecule has 0 aliphatic carbocycles. The third-order valence-corrected chi connectivity index (χ3v) is 2.29. The van der Waals surface area contributed by atoms with E-state index in [1.165, 1.54) is 23.2 Å². The fourth-order valence-electron chi connectivity index (χ4n) is 1.53. The summed E-state index contributed by atoms with van der Waals surface area (Å²) in [6.07, 6.45) is 2.28. The number of para-hydroxylation sites is 1. The molecule has 0 saturated carbocycles. The molecule has 1 N–H and O–H groups in total. The molecule has 0 atom stereocenters. The van der Waals surface area contributed by atoms with Gasteiger partial charge in [0, 0.05) is 12.2 Å². The fourth-order valence-corrected chi connectivity index (χ4v) is 1.53. The summed E-state index contributed by atoms with van der Waals surface area (Å²) in [5.74, 6) is 0. The van der Waals surface area contributed by atoms with E-state index in [0.717, 1.165) is 13.0 Å². The number of hydrogen-bond donors (Lipinski definition) is 1. The van der Waals surface area contributed by atoms with Gasteiger partial charge in [-0.25, -0.2) is 0 Å². The van der Waals surface area contributed by atoms with Crippen molar-refractivity contribution in [3.63, 3.8) is 0 Å². The topological polar surface area (TPSA) is 12.0 Å². The molecule has 0 amide bonds. The van der Waals surface area contributed by atoms with Crippen LogP contribution >= 0.6 is 0 Å². The number of anilines is 1. The maximum Gasteiger partial charge on any atom is 0.0402 e. The van der Waals surface area contributed by atoms with E-state index in [1.807, 2.05) is 0 Å². The number of nitrogens with one attached hydrogen (secondary N) is 1. The molecule has 72 valence electrons. The molecule has 0 fully saturated rings. The molecular formula is C12H19N. The Hall–Kier alpha value is -0.980. The molecule has 0 saturated heterocycles. The lowest BCUT2D eigenvalue weighted by molar-refractivity contribution is 0.969. The molecule has 1 aromatic rings. The largest absolute Gasteiger partial charge is 0.385 e. The lowest BCUT2D eigenvalue weighted by Crippen LogP contribution is -2.04. The van der Waals surface area contributed by atoms with Crippen LogP contribution in [0.2, 0.25) is 0 Å². The van der Waals surface area contributed by atoms with Crippen molar-refractivity contribution in [2.24, 2.45) is 0 Å². The molecule has 1 rings (SSSR count). The zero-order valence-corrected chi connectivity index (χ0v) is 8.85. The van der Waals surface area contributed by atoms with E-state index in [-0.39, 0.29) is 0 Å². The van der Waals surface area contributed by atoms with Gasteiger partial charge in [0.1, 0.15) is 0 Å². The maximum atomic E-state index is 3.48. The molecule has 0 aliphatic heterocycles. The van der Waals surface area contributed by atoms with Gasteiger partial charge in [-0.15, -0.1) is 0 Å². The van der Waals surface area contributed by atoms with Gasteiger partial charge < -0.3 is 5.32 Å². The van der Waals surface area contributed by atoms with Crippen molar-refractivity contribution < 1.29 is 0 Å². The van der Waals surface area contributed by atoms with E-state index in [1.54, 1.807) is 0 Å². The molecular weight excluding hydrogens is 158 g/mol. The minimum absolute atomic E-state index is 1.07. The van der Waals surface area contributed by atoms with Gasteiger partial charge >= 0.3 is 0 Å². The van der Waals surface area contributed by atoms with Crippen LogP contribution in [-0.4, -0.2) is 6.54 Å². The Labute approximate surface area is 81.2 Å². The van der Waals surface area contributed by atoms with Gasteiger partial charge in [-0.05, 0) is 30.9 Å². The molecule has 0 unspecified atom stereocenters. The molecule has 0 radical (unpaired) electrons. The second-order valence-corrected chi connectivity index (χ2v) is 3.39. The van der Waals surface area contributed by atoms with Crippen LogP contribution in [0.4, 0.5) is 5.69 Å². The van der Waals surface area contributed by atoms with Crippen molar-refractivity contribution in [3.05, 3.63) is 29.3 Å². The summed E-state index contributed by atoms with van der Waals surface area (Å²) >= 11 is 0. The van der Waals surface area contributed by atoms with Crippen LogP contribution in [0.3, 0.4) is 0 Å². The first-order valence-electron chi connectivity index (χ1n) is 5.12. The average molecular weight is 177 g/mol. The summed E-state index contributed by atoms with van der Waals surface area (Å²) in [4.78, 5) is 0. The molecule has 1 nitrogen and oxygen atoms in total. The van der Waals surface area contributed by atoms with Crippen molar-refractivity contribution >= 4 is 5.69 Å². The lowest BCUT2D eigenvalue weighted by atomic mass is 10.1. The smallest absolute Gasteiger partial charge is 0.0402 e. The number of benzene rings is 1. The summed E-state index contributed by atoms with van der Waals surface area (Å²) in [7, 11) is 0. The Balaban J connectivity index is 2.87. The van der Waals surface area contributed by atoms with Gasteiger partial charge in [-0.2, -0.15) is 0 Å². The Kier molecular flexibility index (Phi) is 3.81. The quantitative estimate of drug-likeness (QED) is 0.743. The van der Waals surface area contributed by atoms with Gasteiger partial charge in [-0.1, -0.05) is 32.0 Å². The molecule has 0 aliphatic rings. The first kappa shape index (κ1) is 10.1. The first-order chi connectivity index (χ1) is 6.29. The highest BCUT2D eigenvalue weighted by molar-refractivity contribution is 5.57. The number of hydrogen-bond acceptors (Lipinski definition) is 1. The molecule has 13 heavy (non-hydrogen) atoms. The predicted octanol–water partition coefficient (Wildman–Crippen LogP) is 3.38. The highest BCUT2D eigenvalue weighted by Gasteiger charge is 2.01. The van der Waals surface area contributed by atoms with E-state index >= 15 is 0 Å².